The van der Waals surface area contributed by atoms with E-state index in [0.29, 0.717) is 6.04 Å². The standard InChI is InChI=1S/C15H28N4S/c1-7-13(11-20-6)19(5)14-9-8-12(17-18-14)10-16-15(2,3)4/h8-9,13,16H,7,10-11H2,1-6H3. The van der Waals surface area contributed by atoms with Crippen molar-refractivity contribution in [3.63, 3.8) is 0 Å². The summed E-state index contributed by atoms with van der Waals surface area (Å²) in [7, 11) is 2.10. The smallest absolute Gasteiger partial charge is 0.151 e. The lowest BCUT2D eigenvalue weighted by molar-refractivity contribution is 0.420. The van der Waals surface area contributed by atoms with Gasteiger partial charge in [0.1, 0.15) is 0 Å². The molecular formula is C15H28N4S. The summed E-state index contributed by atoms with van der Waals surface area (Å²) >= 11 is 1.87. The number of aromatic nitrogens is 2. The van der Waals surface area contributed by atoms with E-state index in [9.17, 15) is 0 Å². The molecule has 0 spiro atoms. The van der Waals surface area contributed by atoms with Crippen molar-refractivity contribution in [3.8, 4) is 0 Å². The van der Waals surface area contributed by atoms with Crippen molar-refractivity contribution in [3.05, 3.63) is 17.8 Å². The molecular weight excluding hydrogens is 268 g/mol. The van der Waals surface area contributed by atoms with Gasteiger partial charge in [-0.3, -0.25) is 0 Å². The first kappa shape index (κ1) is 17.2. The van der Waals surface area contributed by atoms with E-state index in [1.165, 1.54) is 0 Å². The highest BCUT2D eigenvalue weighted by atomic mass is 32.2. The lowest BCUT2D eigenvalue weighted by Crippen LogP contribution is -2.36. The summed E-state index contributed by atoms with van der Waals surface area (Å²) in [5, 5.41) is 12.1. The summed E-state index contributed by atoms with van der Waals surface area (Å²) in [6.45, 7) is 9.42. The monoisotopic (exact) mass is 296 g/mol. The van der Waals surface area contributed by atoms with E-state index in [-0.39, 0.29) is 5.54 Å². The maximum Gasteiger partial charge on any atom is 0.151 e. The molecule has 4 nitrogen and oxygen atoms in total. The summed E-state index contributed by atoms with van der Waals surface area (Å²) in [6.07, 6.45) is 3.26. The number of hydrogen-bond donors (Lipinski definition) is 1. The second kappa shape index (κ2) is 7.84. The minimum atomic E-state index is 0.1000. The van der Waals surface area contributed by atoms with Crippen LogP contribution in [0.15, 0.2) is 12.1 Å². The molecule has 1 atom stereocenters. The zero-order chi connectivity index (χ0) is 15.2. The van der Waals surface area contributed by atoms with Crippen molar-refractivity contribution in [1.29, 1.82) is 0 Å². The second-order valence-corrected chi connectivity index (χ2v) is 7.03. The predicted octanol–water partition coefficient (Wildman–Crippen LogP) is 2.94. The van der Waals surface area contributed by atoms with E-state index in [1.54, 1.807) is 0 Å². The molecule has 1 heterocycles. The first-order valence-corrected chi connectivity index (χ1v) is 8.56. The predicted molar refractivity (Wildman–Crippen MR) is 89.5 cm³/mol. The summed E-state index contributed by atoms with van der Waals surface area (Å²) in [5.41, 5.74) is 1.08. The van der Waals surface area contributed by atoms with Crippen molar-refractivity contribution in [1.82, 2.24) is 15.5 Å². The highest BCUT2D eigenvalue weighted by molar-refractivity contribution is 7.98. The third kappa shape index (κ3) is 5.67. The van der Waals surface area contributed by atoms with E-state index < -0.39 is 0 Å². The molecule has 20 heavy (non-hydrogen) atoms. The van der Waals surface area contributed by atoms with Gasteiger partial charge in [-0.1, -0.05) is 6.92 Å². The molecule has 5 heteroatoms. The quantitative estimate of drug-likeness (QED) is 0.838. The van der Waals surface area contributed by atoms with Crippen LogP contribution in [0, 0.1) is 0 Å². The Balaban J connectivity index is 2.65. The first-order valence-electron chi connectivity index (χ1n) is 7.16. The van der Waals surface area contributed by atoms with Crippen LogP contribution in [0.3, 0.4) is 0 Å². The number of hydrogen-bond acceptors (Lipinski definition) is 5. The zero-order valence-corrected chi connectivity index (χ0v) is 14.4. The van der Waals surface area contributed by atoms with Gasteiger partial charge >= 0.3 is 0 Å². The average molecular weight is 296 g/mol. The van der Waals surface area contributed by atoms with Crippen LogP contribution in [0.4, 0.5) is 5.82 Å². The third-order valence-corrected chi connectivity index (χ3v) is 3.96. The van der Waals surface area contributed by atoms with Gasteiger partial charge in [-0.25, -0.2) is 0 Å². The van der Waals surface area contributed by atoms with Crippen molar-refractivity contribution >= 4 is 17.6 Å². The fourth-order valence-electron chi connectivity index (χ4n) is 1.87. The average Bonchev–Trinajstić information content (AvgIpc) is 2.41. The van der Waals surface area contributed by atoms with E-state index in [4.69, 9.17) is 0 Å². The van der Waals surface area contributed by atoms with Gasteiger partial charge in [0.15, 0.2) is 5.82 Å². The van der Waals surface area contributed by atoms with Crippen LogP contribution in [0.1, 0.15) is 39.8 Å². The largest absolute Gasteiger partial charge is 0.354 e. The molecule has 0 fully saturated rings. The molecule has 1 aromatic heterocycles. The molecule has 114 valence electrons. The van der Waals surface area contributed by atoms with Crippen molar-refractivity contribution in [2.45, 2.75) is 52.2 Å². The molecule has 0 aliphatic carbocycles. The number of thioether (sulfide) groups is 1. The molecule has 0 aliphatic rings. The fraction of sp³-hybridized carbons (Fsp3) is 0.733. The van der Waals surface area contributed by atoms with Gasteiger partial charge in [-0.2, -0.15) is 16.9 Å². The summed E-state index contributed by atoms with van der Waals surface area (Å²) < 4.78 is 0. The van der Waals surface area contributed by atoms with Crippen molar-refractivity contribution in [2.24, 2.45) is 0 Å². The van der Waals surface area contributed by atoms with Crippen LogP contribution < -0.4 is 10.2 Å². The number of rotatable bonds is 7. The van der Waals surface area contributed by atoms with E-state index in [0.717, 1.165) is 30.2 Å². The van der Waals surface area contributed by atoms with Crippen LogP contribution in [0.5, 0.6) is 0 Å². The van der Waals surface area contributed by atoms with E-state index in [1.807, 2.05) is 11.8 Å². The Kier molecular flexibility index (Phi) is 6.76. The van der Waals surface area contributed by atoms with Crippen LogP contribution >= 0.6 is 11.8 Å². The highest BCUT2D eigenvalue weighted by Crippen LogP contribution is 2.16. The molecule has 0 aliphatic heterocycles. The summed E-state index contributed by atoms with van der Waals surface area (Å²) in [5.74, 6) is 2.06. The molecule has 1 aromatic rings. The molecule has 1 unspecified atom stereocenters. The van der Waals surface area contributed by atoms with Gasteiger partial charge in [0.2, 0.25) is 0 Å². The Bertz CT molecular complexity index is 386. The maximum atomic E-state index is 4.36. The Labute approximate surface area is 127 Å². The van der Waals surface area contributed by atoms with Crippen LogP contribution in [-0.4, -0.2) is 40.8 Å². The van der Waals surface area contributed by atoms with Gasteiger partial charge < -0.3 is 10.2 Å². The Hall–Kier alpha value is -0.810. The molecule has 0 radical (unpaired) electrons. The molecule has 1 N–H and O–H groups in total. The molecule has 0 saturated heterocycles. The van der Waals surface area contributed by atoms with Crippen molar-refractivity contribution in [2.75, 3.05) is 24.0 Å². The minimum absolute atomic E-state index is 0.1000. The Morgan fingerprint density at radius 3 is 2.45 bits per heavy atom. The topological polar surface area (TPSA) is 41.0 Å². The SMILES string of the molecule is CCC(CSC)N(C)c1ccc(CNC(C)(C)C)nn1. The normalized spacial score (nSPS) is 13.3. The van der Waals surface area contributed by atoms with E-state index >= 15 is 0 Å². The number of nitrogens with zero attached hydrogens (tertiary/aromatic N) is 3. The lowest BCUT2D eigenvalue weighted by Gasteiger charge is -2.27. The Morgan fingerprint density at radius 2 is 2.00 bits per heavy atom. The Morgan fingerprint density at radius 1 is 1.30 bits per heavy atom. The highest BCUT2D eigenvalue weighted by Gasteiger charge is 2.14. The van der Waals surface area contributed by atoms with E-state index in [2.05, 4.69) is 73.5 Å². The summed E-state index contributed by atoms with van der Waals surface area (Å²) in [4.78, 5) is 2.23. The third-order valence-electron chi connectivity index (χ3n) is 3.24. The van der Waals surface area contributed by atoms with Gasteiger partial charge in [0.25, 0.3) is 0 Å². The minimum Gasteiger partial charge on any atom is -0.354 e. The second-order valence-electron chi connectivity index (χ2n) is 6.11. The maximum absolute atomic E-state index is 4.36. The van der Waals surface area contributed by atoms with Gasteiger partial charge in [0, 0.05) is 30.9 Å². The summed E-state index contributed by atoms with van der Waals surface area (Å²) in [6, 6.07) is 4.64. The first-order chi connectivity index (χ1) is 9.37. The molecule has 0 amide bonds. The van der Waals surface area contributed by atoms with Crippen LogP contribution in [0.2, 0.25) is 0 Å². The lowest BCUT2D eigenvalue weighted by atomic mass is 10.1. The number of anilines is 1. The molecule has 0 saturated carbocycles. The van der Waals surface area contributed by atoms with Gasteiger partial charge in [-0.05, 0) is 45.6 Å². The fourth-order valence-corrected chi connectivity index (χ4v) is 2.72. The number of nitrogens with one attached hydrogen (secondary N) is 1. The molecule has 0 bridgehead atoms. The van der Waals surface area contributed by atoms with Crippen molar-refractivity contribution < 1.29 is 0 Å². The molecule has 1 rings (SSSR count). The van der Waals surface area contributed by atoms with Crippen LogP contribution in [-0.2, 0) is 6.54 Å². The van der Waals surface area contributed by atoms with Gasteiger partial charge in [-0.15, -0.1) is 5.10 Å². The molecule has 0 aromatic carbocycles. The van der Waals surface area contributed by atoms with Gasteiger partial charge in [0.05, 0.1) is 5.69 Å². The van der Waals surface area contributed by atoms with Crippen LogP contribution in [0.25, 0.3) is 0 Å². The zero-order valence-electron chi connectivity index (χ0n) is 13.6.